The number of Topliss-reactive ketones (excluding diaryl/α,β-unsaturated/α-hetero) is 1. The topological polar surface area (TPSA) is 50.1 Å². The Hall–Kier alpha value is -2.92. The number of hydrogen-bond donors (Lipinski definition) is 0. The summed E-state index contributed by atoms with van der Waals surface area (Å²) in [6.07, 6.45) is 2.16. The van der Waals surface area contributed by atoms with E-state index in [1.807, 2.05) is 54.6 Å². The minimum atomic E-state index is -2.64. The van der Waals surface area contributed by atoms with Crippen molar-refractivity contribution in [3.8, 4) is 6.07 Å². The van der Waals surface area contributed by atoms with Crippen molar-refractivity contribution in [3.05, 3.63) is 91.0 Å². The fourth-order valence-corrected chi connectivity index (χ4v) is 9.69. The first-order valence-electron chi connectivity index (χ1n) is 10.5. The van der Waals surface area contributed by atoms with Gasteiger partial charge in [-0.25, -0.2) is 0 Å². The summed E-state index contributed by atoms with van der Waals surface area (Å²) in [6.45, 7) is -2.64. The molecule has 2 bridgehead atoms. The highest BCUT2D eigenvalue weighted by Gasteiger charge is 2.72. The summed E-state index contributed by atoms with van der Waals surface area (Å²) >= 11 is 0. The van der Waals surface area contributed by atoms with Crippen LogP contribution >= 0.6 is 6.89 Å². The van der Waals surface area contributed by atoms with Crippen LogP contribution in [0.4, 0.5) is 0 Å². The molecule has 0 unspecified atom stereocenters. The lowest BCUT2D eigenvalue weighted by atomic mass is 9.39. The zero-order valence-electron chi connectivity index (χ0n) is 17.5. The van der Waals surface area contributed by atoms with E-state index in [2.05, 4.69) is 42.5 Å². The van der Waals surface area contributed by atoms with Crippen LogP contribution in [0.15, 0.2) is 91.0 Å². The van der Waals surface area contributed by atoms with Gasteiger partial charge in [0.15, 0.2) is 5.78 Å². The Morgan fingerprint density at radius 1 is 0.806 bits per heavy atom. The van der Waals surface area contributed by atoms with E-state index in [9.17, 15) is 10.1 Å². The zero-order valence-corrected chi connectivity index (χ0v) is 18.4. The Morgan fingerprint density at radius 3 is 1.52 bits per heavy atom. The number of nitriles is 1. The number of methoxy groups -OCH3 is 1. The number of ether oxygens (including phenoxy) is 1. The molecule has 0 heterocycles. The first-order chi connectivity index (χ1) is 15.1. The molecule has 3 aliphatic rings. The van der Waals surface area contributed by atoms with Gasteiger partial charge in [0, 0.05) is 12.5 Å². The summed E-state index contributed by atoms with van der Waals surface area (Å²) in [6, 6.07) is 32.8. The number of carbonyl (C=O) groups is 1. The zero-order chi connectivity index (χ0) is 21.5. The summed E-state index contributed by atoms with van der Waals surface area (Å²) in [5.74, 6) is 0.0128. The fraction of sp³-hybridized carbons (Fsp3) is 0.222. The van der Waals surface area contributed by atoms with Crippen molar-refractivity contribution < 1.29 is 9.53 Å². The molecular weight excluding hydrogens is 401 g/mol. The van der Waals surface area contributed by atoms with Crippen molar-refractivity contribution in [3.63, 3.8) is 0 Å². The van der Waals surface area contributed by atoms with E-state index in [4.69, 9.17) is 4.74 Å². The molecule has 0 aliphatic heterocycles. The van der Waals surface area contributed by atoms with Crippen LogP contribution in [0.25, 0.3) is 0 Å². The molecule has 3 aliphatic carbocycles. The lowest BCUT2D eigenvalue weighted by Crippen LogP contribution is -2.72. The van der Waals surface area contributed by atoms with Crippen molar-refractivity contribution in [2.45, 2.75) is 24.9 Å². The van der Waals surface area contributed by atoms with Crippen LogP contribution in [-0.2, 0) is 9.53 Å². The van der Waals surface area contributed by atoms with E-state index in [1.165, 1.54) is 0 Å². The first-order valence-corrected chi connectivity index (χ1v) is 12.3. The fourth-order valence-electron chi connectivity index (χ4n) is 5.47. The summed E-state index contributed by atoms with van der Waals surface area (Å²) in [4.78, 5) is 14.1. The largest absolute Gasteiger partial charge is 0.378 e. The van der Waals surface area contributed by atoms with Crippen LogP contribution in [0.2, 0.25) is 0 Å². The number of nitrogens with zero attached hydrogens (tertiary/aromatic N) is 1. The molecule has 3 nitrogen and oxygen atoms in total. The maximum Gasteiger partial charge on any atom is 0.180 e. The third-order valence-electron chi connectivity index (χ3n) is 6.98. The molecule has 4 heteroatoms. The molecule has 0 aromatic heterocycles. The molecule has 0 saturated heterocycles. The summed E-state index contributed by atoms with van der Waals surface area (Å²) in [5, 5.41) is 14.0. The van der Waals surface area contributed by atoms with E-state index in [0.717, 1.165) is 35.2 Å². The summed E-state index contributed by atoms with van der Waals surface area (Å²) in [7, 11) is 1.72. The smallest absolute Gasteiger partial charge is 0.180 e. The van der Waals surface area contributed by atoms with Gasteiger partial charge >= 0.3 is 0 Å². The third kappa shape index (κ3) is 2.79. The average Bonchev–Trinajstić information content (AvgIpc) is 2.77. The van der Waals surface area contributed by atoms with Gasteiger partial charge in [0.05, 0.1) is 5.60 Å². The van der Waals surface area contributed by atoms with E-state index < -0.39 is 12.3 Å². The van der Waals surface area contributed by atoms with Gasteiger partial charge < -0.3 is 4.74 Å². The maximum atomic E-state index is 14.1. The van der Waals surface area contributed by atoms with Crippen LogP contribution in [0.3, 0.4) is 0 Å². The molecule has 3 fully saturated rings. The van der Waals surface area contributed by atoms with E-state index in [-0.39, 0.29) is 11.4 Å². The molecule has 0 radical (unpaired) electrons. The Balaban J connectivity index is 1.86. The van der Waals surface area contributed by atoms with E-state index >= 15 is 0 Å². The molecule has 0 amide bonds. The molecular formula is C27H24NO2P. The third-order valence-corrected chi connectivity index (χ3v) is 11.2. The Morgan fingerprint density at radius 2 is 1.19 bits per heavy atom. The van der Waals surface area contributed by atoms with Crippen LogP contribution in [-0.4, -0.2) is 23.8 Å². The quantitative estimate of drug-likeness (QED) is 0.565. The normalized spacial score (nSPS) is 23.7. The van der Waals surface area contributed by atoms with Gasteiger partial charge in [-0.3, -0.25) is 4.79 Å². The van der Waals surface area contributed by atoms with E-state index in [0.29, 0.717) is 5.29 Å². The molecule has 0 spiro atoms. The van der Waals surface area contributed by atoms with Crippen LogP contribution in [0, 0.1) is 16.7 Å². The number of carbonyl (C=O) groups excluding carboxylic acids is 1. The van der Waals surface area contributed by atoms with Gasteiger partial charge in [-0.1, -0.05) is 91.0 Å². The van der Waals surface area contributed by atoms with Crippen molar-refractivity contribution in [1.82, 2.24) is 0 Å². The standard InChI is InChI=1S/C27H24NO2P/c1-30-27-18-26(19-27,20-27)25(29)24(17-28)31(21-11-5-2-6-12-21,22-13-7-3-8-14-22)23-15-9-4-10-16-23/h2-16H,18-20H2,1H3. The molecule has 3 aromatic rings. The highest BCUT2D eigenvalue weighted by molar-refractivity contribution is 7.97. The number of hydrogen-bond acceptors (Lipinski definition) is 3. The monoisotopic (exact) mass is 425 g/mol. The predicted molar refractivity (Wildman–Crippen MR) is 127 cm³/mol. The number of rotatable bonds is 6. The maximum absolute atomic E-state index is 14.1. The molecule has 3 saturated carbocycles. The lowest BCUT2D eigenvalue weighted by Gasteiger charge is -2.68. The first kappa shape index (κ1) is 20.0. The predicted octanol–water partition coefficient (Wildman–Crippen LogP) is 3.81. The van der Waals surface area contributed by atoms with Crippen LogP contribution in [0.5, 0.6) is 0 Å². The van der Waals surface area contributed by atoms with Gasteiger partial charge in [0.25, 0.3) is 0 Å². The molecule has 154 valence electrons. The van der Waals surface area contributed by atoms with Gasteiger partial charge in [-0.2, -0.15) is 5.26 Å². The second kappa shape index (κ2) is 7.34. The van der Waals surface area contributed by atoms with Crippen molar-refractivity contribution in [2.24, 2.45) is 5.41 Å². The van der Waals surface area contributed by atoms with Gasteiger partial charge in [0.1, 0.15) is 11.4 Å². The second-order valence-electron chi connectivity index (χ2n) is 8.66. The summed E-state index contributed by atoms with van der Waals surface area (Å²) in [5.41, 5.74) is -0.589. The van der Waals surface area contributed by atoms with Crippen molar-refractivity contribution in [1.29, 1.82) is 5.26 Å². The second-order valence-corrected chi connectivity index (χ2v) is 12.0. The Bertz CT molecular complexity index is 1100. The van der Waals surface area contributed by atoms with Crippen LogP contribution in [0.1, 0.15) is 19.3 Å². The van der Waals surface area contributed by atoms with Gasteiger partial charge in [-0.15, -0.1) is 0 Å². The molecule has 3 aromatic carbocycles. The minimum absolute atomic E-state index is 0.0128. The van der Waals surface area contributed by atoms with Crippen molar-refractivity contribution in [2.75, 3.05) is 7.11 Å². The van der Waals surface area contributed by atoms with Crippen molar-refractivity contribution >= 4 is 33.9 Å². The summed E-state index contributed by atoms with van der Waals surface area (Å²) < 4.78 is 5.63. The highest BCUT2D eigenvalue weighted by atomic mass is 31.2. The Labute approximate surface area is 183 Å². The number of ketones is 1. The lowest BCUT2D eigenvalue weighted by molar-refractivity contribution is -0.258. The van der Waals surface area contributed by atoms with Gasteiger partial charge in [-0.05, 0) is 42.1 Å². The SMILES string of the molecule is COC12CC(C(=O)C(C#N)=P(c3ccccc3)(c3ccccc3)c3ccccc3)(C1)C2. The number of benzene rings is 3. The Kier molecular flexibility index (Phi) is 4.74. The van der Waals surface area contributed by atoms with E-state index in [1.54, 1.807) is 7.11 Å². The van der Waals surface area contributed by atoms with Crippen LogP contribution < -0.4 is 15.9 Å². The molecule has 6 rings (SSSR count). The molecule has 0 N–H and O–H groups in total. The highest BCUT2D eigenvalue weighted by Crippen LogP contribution is 2.70. The molecule has 31 heavy (non-hydrogen) atoms. The minimum Gasteiger partial charge on any atom is -0.378 e. The van der Waals surface area contributed by atoms with Gasteiger partial charge in [0.2, 0.25) is 0 Å². The molecule has 0 atom stereocenters. The average molecular weight is 425 g/mol.